The first-order chi connectivity index (χ1) is 7.66. The summed E-state index contributed by atoms with van der Waals surface area (Å²) in [7, 11) is 0. The summed E-state index contributed by atoms with van der Waals surface area (Å²) in [6, 6.07) is 14.1. The topological polar surface area (TPSA) is 29.1 Å². The van der Waals surface area contributed by atoms with Crippen LogP contribution in [0.4, 0.5) is 5.69 Å². The highest BCUT2D eigenvalue weighted by molar-refractivity contribution is 5.95. The lowest BCUT2D eigenvalue weighted by atomic mass is 10.1. The molecule has 1 amide bonds. The van der Waals surface area contributed by atoms with Gasteiger partial charge >= 0.3 is 0 Å². The van der Waals surface area contributed by atoms with Crippen molar-refractivity contribution in [1.82, 2.24) is 0 Å². The van der Waals surface area contributed by atoms with Crippen LogP contribution < -0.4 is 5.32 Å². The molecule has 0 aliphatic carbocycles. The molecule has 2 rings (SSSR count). The Labute approximate surface area is 96.8 Å². The minimum atomic E-state index is 0. The summed E-state index contributed by atoms with van der Waals surface area (Å²) in [4.78, 5) is 11.5. The van der Waals surface area contributed by atoms with Crippen molar-refractivity contribution in [2.24, 2.45) is 5.92 Å². The molecule has 0 fully saturated rings. The number of benzene rings is 2. The molecule has 2 nitrogen and oxygen atoms in total. The first-order valence-electron chi connectivity index (χ1n) is 5.46. The minimum absolute atomic E-state index is 0. The molecule has 0 atom stereocenters. The van der Waals surface area contributed by atoms with Crippen LogP contribution >= 0.6 is 0 Å². The van der Waals surface area contributed by atoms with Gasteiger partial charge in [-0.2, -0.15) is 0 Å². The van der Waals surface area contributed by atoms with Crippen molar-refractivity contribution >= 4 is 22.4 Å². The van der Waals surface area contributed by atoms with Crippen molar-refractivity contribution in [3.63, 3.8) is 0 Å². The second-order valence-electron chi connectivity index (χ2n) is 4.21. The standard InChI is InChI=1S/C14H15NO.H2/c1-10(2)14(16)15-13-8-7-11-5-3-4-6-12(11)9-13;/h3-10H,1-2H3,(H,15,16);1H. The zero-order valence-electron chi connectivity index (χ0n) is 9.53. The highest BCUT2D eigenvalue weighted by Crippen LogP contribution is 2.19. The average Bonchev–Trinajstić information content (AvgIpc) is 2.28. The van der Waals surface area contributed by atoms with E-state index in [-0.39, 0.29) is 13.3 Å². The maximum Gasteiger partial charge on any atom is 0.226 e. The quantitative estimate of drug-likeness (QED) is 0.813. The van der Waals surface area contributed by atoms with Crippen LogP contribution in [0.1, 0.15) is 15.3 Å². The van der Waals surface area contributed by atoms with E-state index in [9.17, 15) is 4.79 Å². The summed E-state index contributed by atoms with van der Waals surface area (Å²) >= 11 is 0. The number of rotatable bonds is 2. The summed E-state index contributed by atoms with van der Waals surface area (Å²) < 4.78 is 0. The molecule has 0 unspecified atom stereocenters. The summed E-state index contributed by atoms with van der Waals surface area (Å²) in [5, 5.41) is 5.22. The second-order valence-corrected chi connectivity index (χ2v) is 4.21. The summed E-state index contributed by atoms with van der Waals surface area (Å²) in [5.74, 6) is 0.0572. The first kappa shape index (κ1) is 10.7. The highest BCUT2D eigenvalue weighted by Gasteiger charge is 2.06. The number of carbonyl (C=O) groups excluding carboxylic acids is 1. The van der Waals surface area contributed by atoms with Crippen LogP contribution in [0, 0.1) is 5.92 Å². The molecule has 0 spiro atoms. The van der Waals surface area contributed by atoms with Gasteiger partial charge in [0.2, 0.25) is 5.91 Å². The number of hydrogen-bond acceptors (Lipinski definition) is 1. The second kappa shape index (κ2) is 4.35. The van der Waals surface area contributed by atoms with E-state index in [1.165, 1.54) is 5.39 Å². The lowest BCUT2D eigenvalue weighted by Crippen LogP contribution is -2.17. The molecule has 2 heteroatoms. The molecule has 1 N–H and O–H groups in total. The summed E-state index contributed by atoms with van der Waals surface area (Å²) in [6.45, 7) is 3.77. The number of fused-ring (bicyclic) bond motifs is 1. The molecule has 2 aromatic rings. The summed E-state index contributed by atoms with van der Waals surface area (Å²) in [5.41, 5.74) is 0.859. The van der Waals surface area contributed by atoms with Crippen molar-refractivity contribution in [2.45, 2.75) is 13.8 Å². The van der Waals surface area contributed by atoms with Gasteiger partial charge in [0.15, 0.2) is 0 Å². The monoisotopic (exact) mass is 215 g/mol. The Morgan fingerprint density at radius 3 is 2.50 bits per heavy atom. The number of nitrogens with one attached hydrogen (secondary N) is 1. The average molecular weight is 215 g/mol. The van der Waals surface area contributed by atoms with Gasteiger partial charge in [0, 0.05) is 13.0 Å². The fourth-order valence-corrected chi connectivity index (χ4v) is 1.55. The van der Waals surface area contributed by atoms with Gasteiger partial charge in [-0.05, 0) is 22.9 Å². The van der Waals surface area contributed by atoms with Crippen LogP contribution in [0.3, 0.4) is 0 Å². The fraction of sp³-hybridized carbons (Fsp3) is 0.214. The number of amides is 1. The molecule has 84 valence electrons. The lowest BCUT2D eigenvalue weighted by molar-refractivity contribution is -0.118. The molecule has 16 heavy (non-hydrogen) atoms. The van der Waals surface area contributed by atoms with Crippen molar-refractivity contribution in [1.29, 1.82) is 0 Å². The van der Waals surface area contributed by atoms with Crippen LogP contribution in [0.15, 0.2) is 42.5 Å². The smallest absolute Gasteiger partial charge is 0.226 e. The molecule has 0 bridgehead atoms. The minimum Gasteiger partial charge on any atom is -0.326 e. The van der Waals surface area contributed by atoms with E-state index in [1.807, 2.05) is 50.2 Å². The Morgan fingerprint density at radius 1 is 1.12 bits per heavy atom. The number of anilines is 1. The van der Waals surface area contributed by atoms with E-state index in [0.717, 1.165) is 11.1 Å². The zero-order chi connectivity index (χ0) is 11.5. The molecule has 0 heterocycles. The SMILES string of the molecule is CC(C)C(=O)Nc1ccc2ccccc2c1.[HH]. The van der Waals surface area contributed by atoms with Crippen LogP contribution in [-0.2, 0) is 4.79 Å². The Bertz CT molecular complexity index is 522. The molecular formula is C14H17NO. The van der Waals surface area contributed by atoms with Gasteiger partial charge in [0.1, 0.15) is 0 Å². The summed E-state index contributed by atoms with van der Waals surface area (Å²) in [6.07, 6.45) is 0. The predicted octanol–water partition coefficient (Wildman–Crippen LogP) is 3.68. The van der Waals surface area contributed by atoms with Gasteiger partial charge in [-0.1, -0.05) is 44.2 Å². The van der Waals surface area contributed by atoms with Crippen molar-refractivity contribution in [2.75, 3.05) is 5.32 Å². The molecule has 0 saturated carbocycles. The Balaban J connectivity index is 0.00000144. The van der Waals surface area contributed by atoms with E-state index >= 15 is 0 Å². The Kier molecular flexibility index (Phi) is 2.91. The lowest BCUT2D eigenvalue weighted by Gasteiger charge is -2.08. The van der Waals surface area contributed by atoms with E-state index in [0.29, 0.717) is 0 Å². The molecule has 0 aliphatic rings. The van der Waals surface area contributed by atoms with Gasteiger partial charge in [0.05, 0.1) is 0 Å². The molecule has 0 radical (unpaired) electrons. The molecular weight excluding hydrogens is 198 g/mol. The van der Waals surface area contributed by atoms with Gasteiger partial charge in [-0.15, -0.1) is 0 Å². The van der Waals surface area contributed by atoms with E-state index < -0.39 is 0 Å². The third-order valence-corrected chi connectivity index (χ3v) is 2.54. The maximum atomic E-state index is 11.5. The number of carbonyl (C=O) groups is 1. The van der Waals surface area contributed by atoms with Crippen molar-refractivity contribution in [3.05, 3.63) is 42.5 Å². The largest absolute Gasteiger partial charge is 0.326 e. The molecule has 2 aromatic carbocycles. The normalized spacial score (nSPS) is 10.7. The van der Waals surface area contributed by atoms with E-state index in [1.54, 1.807) is 0 Å². The predicted molar refractivity (Wildman–Crippen MR) is 69.5 cm³/mol. The third-order valence-electron chi connectivity index (χ3n) is 2.54. The Hall–Kier alpha value is -1.83. The molecule has 0 saturated heterocycles. The highest BCUT2D eigenvalue weighted by atomic mass is 16.1. The number of hydrogen-bond donors (Lipinski definition) is 1. The fourth-order valence-electron chi connectivity index (χ4n) is 1.55. The van der Waals surface area contributed by atoms with Crippen LogP contribution in [0.5, 0.6) is 0 Å². The van der Waals surface area contributed by atoms with Crippen LogP contribution in [0.2, 0.25) is 0 Å². The Morgan fingerprint density at radius 2 is 1.81 bits per heavy atom. The molecule has 0 aromatic heterocycles. The van der Waals surface area contributed by atoms with Gasteiger partial charge in [0.25, 0.3) is 0 Å². The van der Waals surface area contributed by atoms with Crippen molar-refractivity contribution in [3.8, 4) is 0 Å². The maximum absolute atomic E-state index is 11.5. The van der Waals surface area contributed by atoms with E-state index in [2.05, 4.69) is 11.4 Å². The third kappa shape index (κ3) is 2.22. The molecule has 0 aliphatic heterocycles. The van der Waals surface area contributed by atoms with Crippen molar-refractivity contribution < 1.29 is 6.22 Å². The van der Waals surface area contributed by atoms with Crippen LogP contribution in [-0.4, -0.2) is 5.91 Å². The van der Waals surface area contributed by atoms with Gasteiger partial charge in [-0.3, -0.25) is 4.79 Å². The zero-order valence-corrected chi connectivity index (χ0v) is 9.53. The van der Waals surface area contributed by atoms with Gasteiger partial charge in [-0.25, -0.2) is 0 Å². The van der Waals surface area contributed by atoms with Gasteiger partial charge < -0.3 is 5.32 Å². The first-order valence-corrected chi connectivity index (χ1v) is 5.46. The van der Waals surface area contributed by atoms with E-state index in [4.69, 9.17) is 0 Å². The van der Waals surface area contributed by atoms with Crippen LogP contribution in [0.25, 0.3) is 10.8 Å².